The van der Waals surface area contributed by atoms with E-state index in [2.05, 4.69) is 45.1 Å². The minimum absolute atomic E-state index is 0.322. The van der Waals surface area contributed by atoms with Crippen molar-refractivity contribution in [1.29, 1.82) is 0 Å². The maximum Gasteiger partial charge on any atom is 0.147 e. The number of nitrogens with two attached hydrogens (primary N) is 1. The summed E-state index contributed by atoms with van der Waals surface area (Å²) in [6.07, 6.45) is 5.75. The zero-order valence-corrected chi connectivity index (χ0v) is 16.0. The molecule has 1 aliphatic heterocycles. The number of aromatic nitrogens is 3. The molecule has 0 bridgehead atoms. The summed E-state index contributed by atoms with van der Waals surface area (Å²) >= 11 is 0. The molecule has 3 heterocycles. The maximum absolute atomic E-state index is 6.01. The molecular formula is C17H29N5OSi. The quantitative estimate of drug-likeness (QED) is 0.643. The predicted molar refractivity (Wildman–Crippen MR) is 101 cm³/mol. The van der Waals surface area contributed by atoms with Gasteiger partial charge in [-0.2, -0.15) is 0 Å². The smallest absolute Gasteiger partial charge is 0.147 e. The summed E-state index contributed by atoms with van der Waals surface area (Å²) in [4.78, 5) is 11.3. The van der Waals surface area contributed by atoms with E-state index >= 15 is 0 Å². The van der Waals surface area contributed by atoms with Crippen LogP contribution in [0.4, 0.5) is 5.82 Å². The molecule has 2 aromatic heterocycles. The van der Waals surface area contributed by atoms with Gasteiger partial charge in [0.1, 0.15) is 24.5 Å². The molecule has 0 saturated carbocycles. The molecule has 7 heteroatoms. The monoisotopic (exact) mass is 347 g/mol. The van der Waals surface area contributed by atoms with Gasteiger partial charge in [-0.25, -0.2) is 9.97 Å². The molecule has 0 atom stereocenters. The van der Waals surface area contributed by atoms with Gasteiger partial charge in [-0.1, -0.05) is 19.6 Å². The largest absolute Gasteiger partial charge is 0.361 e. The van der Waals surface area contributed by atoms with Crippen molar-refractivity contribution < 1.29 is 4.74 Å². The van der Waals surface area contributed by atoms with E-state index in [-0.39, 0.29) is 0 Å². The second-order valence-electron chi connectivity index (χ2n) is 7.89. The van der Waals surface area contributed by atoms with Crippen molar-refractivity contribution in [2.24, 2.45) is 5.73 Å². The first-order valence-corrected chi connectivity index (χ1v) is 12.5. The van der Waals surface area contributed by atoms with E-state index in [1.807, 2.05) is 6.20 Å². The van der Waals surface area contributed by atoms with Crippen LogP contribution in [0.3, 0.4) is 0 Å². The number of ether oxygens (including phenoxy) is 1. The van der Waals surface area contributed by atoms with Crippen molar-refractivity contribution in [3.63, 3.8) is 0 Å². The highest BCUT2D eigenvalue weighted by Crippen LogP contribution is 2.26. The Balaban J connectivity index is 1.70. The molecule has 3 rings (SSSR count). The second kappa shape index (κ2) is 7.21. The van der Waals surface area contributed by atoms with Crippen LogP contribution in [0.2, 0.25) is 25.7 Å². The van der Waals surface area contributed by atoms with E-state index in [1.165, 1.54) is 6.04 Å². The Bertz CT molecular complexity index is 673. The summed E-state index contributed by atoms with van der Waals surface area (Å²) in [6, 6.07) is 3.60. The third-order valence-electron chi connectivity index (χ3n) is 4.60. The SMILES string of the molecule is C[Si](C)(C)CCOCn1ccc2c(N3CCC(N)CC3)ncnc21. The summed E-state index contributed by atoms with van der Waals surface area (Å²) in [5.74, 6) is 1.02. The summed E-state index contributed by atoms with van der Waals surface area (Å²) in [7, 11) is -1.05. The van der Waals surface area contributed by atoms with Gasteiger partial charge in [-0.05, 0) is 25.0 Å². The highest BCUT2D eigenvalue weighted by Gasteiger charge is 2.20. The molecule has 132 valence electrons. The Morgan fingerprint density at radius 3 is 2.71 bits per heavy atom. The van der Waals surface area contributed by atoms with Crippen molar-refractivity contribution >= 4 is 24.9 Å². The lowest BCUT2D eigenvalue weighted by atomic mass is 10.1. The van der Waals surface area contributed by atoms with Gasteiger partial charge in [0, 0.05) is 40.0 Å². The van der Waals surface area contributed by atoms with Crippen molar-refractivity contribution in [2.45, 2.75) is 51.3 Å². The Morgan fingerprint density at radius 1 is 1.25 bits per heavy atom. The summed E-state index contributed by atoms with van der Waals surface area (Å²) in [5.41, 5.74) is 6.96. The van der Waals surface area contributed by atoms with E-state index < -0.39 is 8.07 Å². The molecule has 0 radical (unpaired) electrons. The number of nitrogens with zero attached hydrogens (tertiary/aromatic N) is 4. The number of rotatable bonds is 6. The lowest BCUT2D eigenvalue weighted by Gasteiger charge is -2.31. The van der Waals surface area contributed by atoms with Gasteiger partial charge < -0.3 is 19.9 Å². The van der Waals surface area contributed by atoms with Crippen LogP contribution in [0.5, 0.6) is 0 Å². The maximum atomic E-state index is 6.01. The van der Waals surface area contributed by atoms with Crippen LogP contribution in [-0.2, 0) is 11.5 Å². The zero-order valence-electron chi connectivity index (χ0n) is 15.0. The van der Waals surface area contributed by atoms with Crippen LogP contribution in [0.25, 0.3) is 11.0 Å². The number of fused-ring (bicyclic) bond motifs is 1. The van der Waals surface area contributed by atoms with E-state index in [9.17, 15) is 0 Å². The molecule has 24 heavy (non-hydrogen) atoms. The molecule has 2 aromatic rings. The van der Waals surface area contributed by atoms with Crippen LogP contribution in [0, 0.1) is 0 Å². The zero-order chi connectivity index (χ0) is 17.2. The average molecular weight is 348 g/mol. The van der Waals surface area contributed by atoms with E-state index in [0.29, 0.717) is 12.8 Å². The van der Waals surface area contributed by atoms with E-state index in [4.69, 9.17) is 10.5 Å². The molecule has 2 N–H and O–H groups in total. The number of anilines is 1. The van der Waals surface area contributed by atoms with Crippen LogP contribution >= 0.6 is 0 Å². The summed E-state index contributed by atoms with van der Waals surface area (Å²) in [5, 5.41) is 1.10. The third-order valence-corrected chi connectivity index (χ3v) is 6.31. The Kier molecular flexibility index (Phi) is 5.22. The van der Waals surface area contributed by atoms with Crippen LogP contribution < -0.4 is 10.6 Å². The second-order valence-corrected chi connectivity index (χ2v) is 13.5. The fraction of sp³-hybridized carbons (Fsp3) is 0.647. The average Bonchev–Trinajstić information content (AvgIpc) is 2.95. The standard InChI is InChI=1S/C17H29N5OSi/c1-24(2,3)11-10-23-13-22-9-6-15-16(19-12-20-17(15)22)21-7-4-14(18)5-8-21/h6,9,12,14H,4-5,7-8,10-11,13,18H2,1-3H3. The first-order chi connectivity index (χ1) is 11.4. The van der Waals surface area contributed by atoms with Crippen LogP contribution in [0.15, 0.2) is 18.6 Å². The molecule has 1 aliphatic rings. The molecule has 0 amide bonds. The highest BCUT2D eigenvalue weighted by molar-refractivity contribution is 6.76. The summed E-state index contributed by atoms with van der Waals surface area (Å²) in [6.45, 7) is 10.4. The van der Waals surface area contributed by atoms with Gasteiger partial charge in [0.05, 0.1) is 5.39 Å². The van der Waals surface area contributed by atoms with Crippen molar-refractivity contribution in [3.8, 4) is 0 Å². The van der Waals surface area contributed by atoms with Gasteiger partial charge in [0.15, 0.2) is 0 Å². The number of hydrogen-bond acceptors (Lipinski definition) is 5. The normalized spacial score (nSPS) is 16.9. The topological polar surface area (TPSA) is 69.2 Å². The summed E-state index contributed by atoms with van der Waals surface area (Å²) < 4.78 is 7.94. The third kappa shape index (κ3) is 4.14. The molecule has 6 nitrogen and oxygen atoms in total. The first kappa shape index (κ1) is 17.4. The Hall–Kier alpha value is -1.44. The van der Waals surface area contributed by atoms with Crippen molar-refractivity contribution in [1.82, 2.24) is 14.5 Å². The van der Waals surface area contributed by atoms with Gasteiger partial charge >= 0.3 is 0 Å². The minimum Gasteiger partial charge on any atom is -0.361 e. The molecule has 0 aliphatic carbocycles. The molecule has 0 unspecified atom stereocenters. The first-order valence-electron chi connectivity index (χ1n) is 8.82. The van der Waals surface area contributed by atoms with Gasteiger partial charge in [0.25, 0.3) is 0 Å². The van der Waals surface area contributed by atoms with E-state index in [0.717, 1.165) is 49.4 Å². The molecular weight excluding hydrogens is 318 g/mol. The van der Waals surface area contributed by atoms with Crippen molar-refractivity contribution in [2.75, 3.05) is 24.6 Å². The highest BCUT2D eigenvalue weighted by atomic mass is 28.3. The lowest BCUT2D eigenvalue weighted by molar-refractivity contribution is 0.0899. The van der Waals surface area contributed by atoms with Gasteiger partial charge in [-0.3, -0.25) is 0 Å². The van der Waals surface area contributed by atoms with E-state index in [1.54, 1.807) is 6.33 Å². The van der Waals surface area contributed by atoms with Crippen molar-refractivity contribution in [3.05, 3.63) is 18.6 Å². The number of hydrogen-bond donors (Lipinski definition) is 1. The molecule has 0 aromatic carbocycles. The number of piperidine rings is 1. The van der Waals surface area contributed by atoms with Crippen LogP contribution in [0.1, 0.15) is 12.8 Å². The van der Waals surface area contributed by atoms with Crippen LogP contribution in [-0.4, -0.2) is 48.3 Å². The molecule has 1 saturated heterocycles. The fourth-order valence-electron chi connectivity index (χ4n) is 3.00. The fourth-order valence-corrected chi connectivity index (χ4v) is 3.76. The Labute approximate surface area is 145 Å². The van der Waals surface area contributed by atoms with Gasteiger partial charge in [-0.15, -0.1) is 0 Å². The molecule has 0 spiro atoms. The minimum atomic E-state index is -1.05. The predicted octanol–water partition coefficient (Wildman–Crippen LogP) is 2.67. The van der Waals surface area contributed by atoms with Gasteiger partial charge in [0.2, 0.25) is 0 Å². The molecule has 1 fully saturated rings. The Morgan fingerprint density at radius 2 is 2.00 bits per heavy atom. The lowest BCUT2D eigenvalue weighted by Crippen LogP contribution is -2.40.